The van der Waals surface area contributed by atoms with Gasteiger partial charge in [0.15, 0.2) is 15.9 Å². The molecular formula is C19H16F6N2O4S. The molecule has 0 radical (unpaired) electrons. The topological polar surface area (TPSA) is 76.6 Å². The summed E-state index contributed by atoms with van der Waals surface area (Å²) in [6.45, 7) is 0.221. The van der Waals surface area contributed by atoms with Gasteiger partial charge in [-0.3, -0.25) is 4.79 Å². The van der Waals surface area contributed by atoms with Crippen LogP contribution in [0.3, 0.4) is 0 Å². The van der Waals surface area contributed by atoms with Crippen molar-refractivity contribution in [1.29, 1.82) is 0 Å². The van der Waals surface area contributed by atoms with Gasteiger partial charge in [-0.25, -0.2) is 13.4 Å². The van der Waals surface area contributed by atoms with E-state index in [2.05, 4.69) is 4.98 Å². The summed E-state index contributed by atoms with van der Waals surface area (Å²) in [7, 11) is -3.82. The van der Waals surface area contributed by atoms with Crippen LogP contribution in [-0.4, -0.2) is 42.7 Å². The van der Waals surface area contributed by atoms with Gasteiger partial charge in [0.05, 0.1) is 22.7 Å². The van der Waals surface area contributed by atoms with E-state index in [0.717, 1.165) is 41.5 Å². The molecule has 0 bridgehead atoms. The number of carbonyl (C=O) groups excluding carboxylic acids is 1. The molecule has 1 aliphatic heterocycles. The minimum absolute atomic E-state index is 0.0152. The van der Waals surface area contributed by atoms with Gasteiger partial charge in [-0.15, -0.1) is 0 Å². The minimum atomic E-state index is -4.75. The second-order valence-corrected chi connectivity index (χ2v) is 9.21. The lowest BCUT2D eigenvalue weighted by Crippen LogP contribution is -2.32. The maximum Gasteiger partial charge on any atom is 0.433 e. The molecule has 0 saturated heterocycles. The van der Waals surface area contributed by atoms with Gasteiger partial charge in [0.1, 0.15) is 11.4 Å². The van der Waals surface area contributed by atoms with Crippen LogP contribution in [0.5, 0.6) is 5.75 Å². The SMILES string of the molecule is CC(Oc1ccc(S(C)(=O)=O)cc1C(=O)N1Cc2ccc(C(F)(F)F)nc2C1)C(F)(F)F. The van der Waals surface area contributed by atoms with Gasteiger partial charge in [0.25, 0.3) is 5.91 Å². The minimum Gasteiger partial charge on any atom is -0.480 e. The number of alkyl halides is 6. The molecule has 32 heavy (non-hydrogen) atoms. The van der Waals surface area contributed by atoms with Gasteiger partial charge in [0, 0.05) is 12.8 Å². The third-order valence-electron chi connectivity index (χ3n) is 4.72. The average molecular weight is 482 g/mol. The van der Waals surface area contributed by atoms with Crippen LogP contribution in [0.2, 0.25) is 0 Å². The molecule has 1 aromatic heterocycles. The second-order valence-electron chi connectivity index (χ2n) is 7.19. The number of hydrogen-bond donors (Lipinski definition) is 0. The third kappa shape index (κ3) is 4.97. The molecule has 0 N–H and O–H groups in total. The molecule has 6 nitrogen and oxygen atoms in total. The first kappa shape index (κ1) is 23.8. The number of hydrogen-bond acceptors (Lipinski definition) is 5. The van der Waals surface area contributed by atoms with Crippen molar-refractivity contribution in [3.05, 3.63) is 52.8 Å². The molecule has 174 valence electrons. The summed E-state index contributed by atoms with van der Waals surface area (Å²) in [6.07, 6.45) is -10.9. The maximum absolute atomic E-state index is 13.0. The van der Waals surface area contributed by atoms with E-state index in [0.29, 0.717) is 12.5 Å². The maximum atomic E-state index is 13.0. The molecule has 1 atom stereocenters. The highest BCUT2D eigenvalue weighted by Crippen LogP contribution is 2.33. The Kier molecular flexibility index (Phi) is 5.91. The summed E-state index contributed by atoms with van der Waals surface area (Å²) in [5, 5.41) is 0. The number of aromatic nitrogens is 1. The van der Waals surface area contributed by atoms with Crippen LogP contribution in [0, 0.1) is 0 Å². The fourth-order valence-electron chi connectivity index (χ4n) is 2.99. The van der Waals surface area contributed by atoms with Crippen LogP contribution in [0.15, 0.2) is 35.2 Å². The molecule has 0 aliphatic carbocycles. The van der Waals surface area contributed by atoms with Crippen molar-refractivity contribution < 1.29 is 44.3 Å². The van der Waals surface area contributed by atoms with Gasteiger partial charge in [-0.1, -0.05) is 6.07 Å². The normalized spacial score (nSPS) is 15.4. The van der Waals surface area contributed by atoms with Crippen LogP contribution in [0.1, 0.15) is 34.2 Å². The Morgan fingerprint density at radius 1 is 1.09 bits per heavy atom. The van der Waals surface area contributed by atoms with Gasteiger partial charge >= 0.3 is 12.4 Å². The Bertz CT molecular complexity index is 1160. The first-order valence-electron chi connectivity index (χ1n) is 9.00. The van der Waals surface area contributed by atoms with Crippen molar-refractivity contribution in [2.24, 2.45) is 0 Å². The van der Waals surface area contributed by atoms with Gasteiger partial charge < -0.3 is 9.64 Å². The number of fused-ring (bicyclic) bond motifs is 1. The summed E-state index contributed by atoms with van der Waals surface area (Å²) in [5.41, 5.74) is -1.30. The molecule has 1 amide bonds. The molecule has 2 aromatic rings. The lowest BCUT2D eigenvalue weighted by atomic mass is 10.1. The van der Waals surface area contributed by atoms with Crippen molar-refractivity contribution in [1.82, 2.24) is 9.88 Å². The zero-order valence-corrected chi connectivity index (χ0v) is 17.4. The molecule has 0 spiro atoms. The predicted octanol–water partition coefficient (Wildman–Crippen LogP) is 3.99. The van der Waals surface area contributed by atoms with E-state index in [1.165, 1.54) is 0 Å². The second kappa shape index (κ2) is 7.94. The zero-order valence-electron chi connectivity index (χ0n) is 16.6. The average Bonchev–Trinajstić information content (AvgIpc) is 3.08. The summed E-state index contributed by atoms with van der Waals surface area (Å²) in [4.78, 5) is 17.3. The lowest BCUT2D eigenvalue weighted by molar-refractivity contribution is -0.189. The van der Waals surface area contributed by atoms with Gasteiger partial charge in [0.2, 0.25) is 0 Å². The Morgan fingerprint density at radius 3 is 2.31 bits per heavy atom. The standard InChI is InChI=1S/C19H16F6N2O4S/c1-10(18(20,21)22)31-15-5-4-12(32(2,29)30)7-13(15)17(28)27-8-11-3-6-16(19(23,24)25)26-14(11)9-27/h3-7,10H,8-9H2,1-2H3. The summed E-state index contributed by atoms with van der Waals surface area (Å²) < 4.78 is 106. The predicted molar refractivity (Wildman–Crippen MR) is 98.5 cm³/mol. The third-order valence-corrected chi connectivity index (χ3v) is 5.83. The van der Waals surface area contributed by atoms with Crippen LogP contribution in [-0.2, 0) is 29.1 Å². The van der Waals surface area contributed by atoms with Crippen molar-refractivity contribution in [3.8, 4) is 5.75 Å². The van der Waals surface area contributed by atoms with Crippen molar-refractivity contribution >= 4 is 15.7 Å². The van der Waals surface area contributed by atoms with Gasteiger partial charge in [-0.2, -0.15) is 26.3 Å². The number of benzene rings is 1. The largest absolute Gasteiger partial charge is 0.480 e. The monoisotopic (exact) mass is 482 g/mol. The fraction of sp³-hybridized carbons (Fsp3) is 0.368. The molecule has 1 aliphatic rings. The number of rotatable bonds is 4. The molecule has 1 aromatic carbocycles. The lowest BCUT2D eigenvalue weighted by Gasteiger charge is -2.22. The summed E-state index contributed by atoms with van der Waals surface area (Å²) in [5.74, 6) is -1.42. The molecule has 3 rings (SSSR count). The van der Waals surface area contributed by atoms with Crippen LogP contribution >= 0.6 is 0 Å². The summed E-state index contributed by atoms with van der Waals surface area (Å²) in [6, 6.07) is 4.74. The molecule has 0 fully saturated rings. The highest BCUT2D eigenvalue weighted by atomic mass is 32.2. The van der Waals surface area contributed by atoms with E-state index < -0.39 is 51.2 Å². The van der Waals surface area contributed by atoms with E-state index in [4.69, 9.17) is 4.74 Å². The molecular weight excluding hydrogens is 466 g/mol. The van der Waals surface area contributed by atoms with Gasteiger partial charge in [-0.05, 0) is 36.8 Å². The number of pyridine rings is 1. The Labute approximate surface area is 178 Å². The number of halogens is 6. The number of amides is 1. The number of ether oxygens (including phenoxy) is 1. The Hall–Kier alpha value is -2.83. The molecule has 1 unspecified atom stereocenters. The van der Waals surface area contributed by atoms with Crippen LogP contribution in [0.25, 0.3) is 0 Å². The Balaban J connectivity index is 1.97. The van der Waals surface area contributed by atoms with Crippen LogP contribution in [0.4, 0.5) is 26.3 Å². The summed E-state index contributed by atoms with van der Waals surface area (Å²) >= 11 is 0. The Morgan fingerprint density at radius 2 is 1.75 bits per heavy atom. The van der Waals surface area contributed by atoms with E-state index in [1.807, 2.05) is 0 Å². The van der Waals surface area contributed by atoms with E-state index >= 15 is 0 Å². The quantitative estimate of drug-likeness (QED) is 0.616. The number of carbonyl (C=O) groups is 1. The van der Waals surface area contributed by atoms with E-state index in [1.54, 1.807) is 0 Å². The van der Waals surface area contributed by atoms with Crippen molar-refractivity contribution in [2.75, 3.05) is 6.26 Å². The fourth-order valence-corrected chi connectivity index (χ4v) is 3.64. The molecule has 0 saturated carbocycles. The zero-order chi connectivity index (χ0) is 24.1. The number of sulfone groups is 1. The van der Waals surface area contributed by atoms with E-state index in [9.17, 15) is 39.6 Å². The highest BCUT2D eigenvalue weighted by Gasteiger charge is 2.39. The molecule has 2 heterocycles. The number of nitrogens with zero attached hydrogens (tertiary/aromatic N) is 2. The van der Waals surface area contributed by atoms with Crippen molar-refractivity contribution in [3.63, 3.8) is 0 Å². The highest BCUT2D eigenvalue weighted by molar-refractivity contribution is 7.90. The smallest absolute Gasteiger partial charge is 0.433 e. The molecule has 13 heteroatoms. The van der Waals surface area contributed by atoms with Crippen LogP contribution < -0.4 is 4.74 Å². The first-order chi connectivity index (χ1) is 14.6. The van der Waals surface area contributed by atoms with Crippen molar-refractivity contribution in [2.45, 2.75) is 43.4 Å². The first-order valence-corrected chi connectivity index (χ1v) is 10.9. The van der Waals surface area contributed by atoms with E-state index in [-0.39, 0.29) is 23.7 Å².